The predicted octanol–water partition coefficient (Wildman–Crippen LogP) is 2.49. The molecule has 4 nitrogen and oxygen atoms in total. The first-order valence-electron chi connectivity index (χ1n) is 5.75. The van der Waals surface area contributed by atoms with Crippen LogP contribution < -0.4 is 0 Å². The molecule has 0 bridgehead atoms. The van der Waals surface area contributed by atoms with E-state index in [9.17, 15) is 4.79 Å². The van der Waals surface area contributed by atoms with Gasteiger partial charge in [0.2, 0.25) is 0 Å². The van der Waals surface area contributed by atoms with Crippen LogP contribution in [0, 0.1) is 0 Å². The highest BCUT2D eigenvalue weighted by molar-refractivity contribution is 5.90. The van der Waals surface area contributed by atoms with Crippen molar-refractivity contribution >= 4 is 5.97 Å². The summed E-state index contributed by atoms with van der Waals surface area (Å²) in [5.41, 5.74) is 3.01. The number of nitrogens with zero attached hydrogens (tertiary/aromatic N) is 2. The average molecular weight is 242 g/mol. The van der Waals surface area contributed by atoms with Gasteiger partial charge in [0, 0.05) is 18.0 Å². The van der Waals surface area contributed by atoms with Gasteiger partial charge >= 0.3 is 5.97 Å². The average Bonchev–Trinajstić information content (AvgIpc) is 2.46. The van der Waals surface area contributed by atoms with Crippen LogP contribution in [0.2, 0.25) is 0 Å². The molecule has 0 radical (unpaired) electrons. The van der Waals surface area contributed by atoms with Gasteiger partial charge in [0.15, 0.2) is 0 Å². The molecular weight excluding hydrogens is 228 g/mol. The van der Waals surface area contributed by atoms with E-state index in [-0.39, 0.29) is 5.97 Å². The Labute approximate surface area is 106 Å². The van der Waals surface area contributed by atoms with Crippen molar-refractivity contribution in [3.8, 4) is 11.3 Å². The molecule has 0 spiro atoms. The Morgan fingerprint density at radius 2 is 2.17 bits per heavy atom. The first-order chi connectivity index (χ1) is 8.76. The summed E-state index contributed by atoms with van der Waals surface area (Å²) < 4.78 is 4.73. The van der Waals surface area contributed by atoms with Crippen LogP contribution in [0.15, 0.2) is 36.7 Å². The number of carbonyl (C=O) groups is 1. The van der Waals surface area contributed by atoms with E-state index in [0.29, 0.717) is 12.0 Å². The van der Waals surface area contributed by atoms with Gasteiger partial charge in [0.1, 0.15) is 0 Å². The van der Waals surface area contributed by atoms with E-state index in [0.717, 1.165) is 17.0 Å². The van der Waals surface area contributed by atoms with Gasteiger partial charge in [-0.15, -0.1) is 0 Å². The summed E-state index contributed by atoms with van der Waals surface area (Å²) in [4.78, 5) is 20.1. The number of hydrogen-bond donors (Lipinski definition) is 0. The molecule has 0 aromatic carbocycles. The van der Waals surface area contributed by atoms with Crippen molar-refractivity contribution in [2.45, 2.75) is 13.3 Å². The van der Waals surface area contributed by atoms with Crippen LogP contribution in [-0.4, -0.2) is 23.0 Å². The van der Waals surface area contributed by atoms with Crippen LogP contribution in [0.1, 0.15) is 23.0 Å². The maximum atomic E-state index is 11.6. The van der Waals surface area contributed by atoms with E-state index < -0.39 is 0 Å². The quantitative estimate of drug-likeness (QED) is 0.776. The normalized spacial score (nSPS) is 10.1. The van der Waals surface area contributed by atoms with Crippen molar-refractivity contribution in [3.05, 3.63) is 47.9 Å². The third kappa shape index (κ3) is 2.37. The Hall–Kier alpha value is -2.23. The first kappa shape index (κ1) is 12.2. The van der Waals surface area contributed by atoms with E-state index in [2.05, 4.69) is 9.97 Å². The number of esters is 1. The van der Waals surface area contributed by atoms with Crippen LogP contribution in [0.25, 0.3) is 11.3 Å². The number of aromatic nitrogens is 2. The number of hydrogen-bond acceptors (Lipinski definition) is 4. The fraction of sp³-hybridized carbons (Fsp3) is 0.214. The minimum Gasteiger partial charge on any atom is -0.465 e. The van der Waals surface area contributed by atoms with Crippen LogP contribution in [-0.2, 0) is 11.2 Å². The lowest BCUT2D eigenvalue weighted by Gasteiger charge is -2.07. The zero-order chi connectivity index (χ0) is 13.0. The second kappa shape index (κ2) is 5.40. The van der Waals surface area contributed by atoms with Crippen molar-refractivity contribution in [2.24, 2.45) is 0 Å². The van der Waals surface area contributed by atoms with E-state index in [4.69, 9.17) is 4.74 Å². The highest BCUT2D eigenvalue weighted by Gasteiger charge is 2.13. The lowest BCUT2D eigenvalue weighted by molar-refractivity contribution is 0.0599. The molecule has 92 valence electrons. The Bertz CT molecular complexity index is 553. The minimum atomic E-state index is -0.350. The molecule has 0 unspecified atom stereocenters. The summed E-state index contributed by atoms with van der Waals surface area (Å²) in [6.45, 7) is 1.96. The highest BCUT2D eigenvalue weighted by Crippen LogP contribution is 2.18. The van der Waals surface area contributed by atoms with Crippen LogP contribution >= 0.6 is 0 Å². The molecule has 2 heterocycles. The molecular formula is C14H14N2O2. The Morgan fingerprint density at radius 1 is 1.33 bits per heavy atom. The third-order valence-electron chi connectivity index (χ3n) is 2.67. The van der Waals surface area contributed by atoms with Crippen molar-refractivity contribution in [1.29, 1.82) is 0 Å². The Morgan fingerprint density at radius 3 is 2.78 bits per heavy atom. The minimum absolute atomic E-state index is 0.350. The lowest BCUT2D eigenvalue weighted by Crippen LogP contribution is -2.07. The number of pyridine rings is 2. The van der Waals surface area contributed by atoms with Crippen molar-refractivity contribution in [2.75, 3.05) is 7.11 Å². The molecule has 0 aliphatic carbocycles. The number of rotatable bonds is 3. The Balaban J connectivity index is 2.45. The molecule has 0 N–H and O–H groups in total. The summed E-state index contributed by atoms with van der Waals surface area (Å²) in [5, 5.41) is 0. The summed E-state index contributed by atoms with van der Waals surface area (Å²) in [6.07, 6.45) is 4.14. The van der Waals surface area contributed by atoms with Gasteiger partial charge in [-0.3, -0.25) is 9.97 Å². The molecule has 2 rings (SSSR count). The van der Waals surface area contributed by atoms with Crippen LogP contribution in [0.5, 0.6) is 0 Å². The SMILES string of the molecule is CCc1nc(-c2cccnc2)ccc1C(=O)OC. The van der Waals surface area contributed by atoms with Gasteiger partial charge in [-0.05, 0) is 30.7 Å². The maximum Gasteiger partial charge on any atom is 0.339 e. The third-order valence-corrected chi connectivity index (χ3v) is 2.67. The van der Waals surface area contributed by atoms with Gasteiger partial charge in [-0.25, -0.2) is 4.79 Å². The van der Waals surface area contributed by atoms with Crippen LogP contribution in [0.3, 0.4) is 0 Å². The van der Waals surface area contributed by atoms with Gasteiger partial charge < -0.3 is 4.74 Å². The standard InChI is InChI=1S/C14H14N2O2/c1-3-12-11(14(17)18-2)6-7-13(16-12)10-5-4-8-15-9-10/h4-9H,3H2,1-2H3. The number of methoxy groups -OCH3 is 1. The van der Waals surface area contributed by atoms with E-state index in [1.54, 1.807) is 18.5 Å². The van der Waals surface area contributed by atoms with Gasteiger partial charge in [0.05, 0.1) is 24.1 Å². The first-order valence-corrected chi connectivity index (χ1v) is 5.75. The predicted molar refractivity (Wildman–Crippen MR) is 68.2 cm³/mol. The van der Waals surface area contributed by atoms with E-state index in [1.165, 1.54) is 7.11 Å². The zero-order valence-electron chi connectivity index (χ0n) is 10.4. The van der Waals surface area contributed by atoms with Crippen molar-refractivity contribution in [1.82, 2.24) is 9.97 Å². The fourth-order valence-electron chi connectivity index (χ4n) is 1.74. The number of aryl methyl sites for hydroxylation is 1. The molecule has 0 atom stereocenters. The molecule has 0 amide bonds. The number of ether oxygens (including phenoxy) is 1. The van der Waals surface area contributed by atoms with Crippen molar-refractivity contribution in [3.63, 3.8) is 0 Å². The molecule has 2 aromatic rings. The zero-order valence-corrected chi connectivity index (χ0v) is 10.4. The Kier molecular flexibility index (Phi) is 3.67. The molecule has 2 aromatic heterocycles. The van der Waals surface area contributed by atoms with E-state index in [1.807, 2.05) is 25.1 Å². The molecule has 4 heteroatoms. The summed E-state index contributed by atoms with van der Waals surface area (Å²) >= 11 is 0. The molecule has 18 heavy (non-hydrogen) atoms. The smallest absolute Gasteiger partial charge is 0.339 e. The second-order valence-corrected chi connectivity index (χ2v) is 3.78. The topological polar surface area (TPSA) is 52.1 Å². The highest BCUT2D eigenvalue weighted by atomic mass is 16.5. The molecule has 0 fully saturated rings. The fourth-order valence-corrected chi connectivity index (χ4v) is 1.74. The monoisotopic (exact) mass is 242 g/mol. The molecule has 0 aliphatic heterocycles. The molecule has 0 saturated carbocycles. The van der Waals surface area contributed by atoms with E-state index >= 15 is 0 Å². The maximum absolute atomic E-state index is 11.6. The van der Waals surface area contributed by atoms with Crippen molar-refractivity contribution < 1.29 is 9.53 Å². The second-order valence-electron chi connectivity index (χ2n) is 3.78. The summed E-state index contributed by atoms with van der Waals surface area (Å²) in [7, 11) is 1.37. The largest absolute Gasteiger partial charge is 0.465 e. The van der Waals surface area contributed by atoms with Gasteiger partial charge in [-0.2, -0.15) is 0 Å². The summed E-state index contributed by atoms with van der Waals surface area (Å²) in [6, 6.07) is 7.35. The van der Waals surface area contributed by atoms with Gasteiger partial charge in [-0.1, -0.05) is 6.92 Å². The molecule has 0 saturated heterocycles. The number of carbonyl (C=O) groups excluding carboxylic acids is 1. The molecule has 0 aliphatic rings. The van der Waals surface area contributed by atoms with Gasteiger partial charge in [0.25, 0.3) is 0 Å². The van der Waals surface area contributed by atoms with Crippen LogP contribution in [0.4, 0.5) is 0 Å². The summed E-state index contributed by atoms with van der Waals surface area (Å²) in [5.74, 6) is -0.350. The lowest BCUT2D eigenvalue weighted by atomic mass is 10.1.